The van der Waals surface area contributed by atoms with E-state index in [0.29, 0.717) is 19.4 Å². The zero-order chi connectivity index (χ0) is 40.0. The Bertz CT molecular complexity index is 718. The van der Waals surface area contributed by atoms with Crippen LogP contribution in [0.3, 0.4) is 0 Å². The van der Waals surface area contributed by atoms with Crippen molar-refractivity contribution in [2.24, 2.45) is 0 Å². The average Bonchev–Trinajstić information content (AvgIpc) is 3.19. The average molecular weight is 780 g/mol. The van der Waals surface area contributed by atoms with Crippen molar-refractivity contribution in [3.63, 3.8) is 0 Å². The summed E-state index contributed by atoms with van der Waals surface area (Å²) in [6.07, 6.45) is 56.5. The van der Waals surface area contributed by atoms with Gasteiger partial charge in [-0.1, -0.05) is 264 Å². The molecule has 0 fully saturated rings. The number of unbranched alkanes of at least 4 members (excludes halogenated alkanes) is 40. The van der Waals surface area contributed by atoms with Crippen molar-refractivity contribution in [3.8, 4) is 0 Å². The van der Waals surface area contributed by atoms with Crippen molar-refractivity contribution >= 4 is 5.91 Å². The van der Waals surface area contributed by atoms with Crippen LogP contribution >= 0.6 is 0 Å². The SMILES string of the molecule is CCCCCCCCCCCCCCC[C@@H](O)[C@H](CO)NC(=O)CCCCCCCCCCCCCCCCCCCCCCCCCCCCCCCO. The van der Waals surface area contributed by atoms with E-state index < -0.39 is 12.1 Å². The maximum atomic E-state index is 12.4. The first-order valence-electron chi connectivity index (χ1n) is 25.3. The summed E-state index contributed by atoms with van der Waals surface area (Å²) in [5.41, 5.74) is 0. The normalized spacial score (nSPS) is 12.7. The summed E-state index contributed by atoms with van der Waals surface area (Å²) in [5.74, 6) is -0.0280. The van der Waals surface area contributed by atoms with Crippen molar-refractivity contribution in [2.75, 3.05) is 13.2 Å². The largest absolute Gasteiger partial charge is 0.396 e. The summed E-state index contributed by atoms with van der Waals surface area (Å²) in [5, 5.41) is 32.0. The highest BCUT2D eigenvalue weighted by molar-refractivity contribution is 5.76. The number of hydrogen-bond acceptors (Lipinski definition) is 4. The molecule has 1 amide bonds. The predicted molar refractivity (Wildman–Crippen MR) is 241 cm³/mol. The maximum Gasteiger partial charge on any atom is 0.220 e. The van der Waals surface area contributed by atoms with Crippen molar-refractivity contribution in [1.29, 1.82) is 0 Å². The van der Waals surface area contributed by atoms with Gasteiger partial charge in [0.1, 0.15) is 0 Å². The number of amides is 1. The lowest BCUT2D eigenvalue weighted by Gasteiger charge is -2.22. The fraction of sp³-hybridized carbons (Fsp3) is 0.980. The van der Waals surface area contributed by atoms with E-state index in [1.165, 1.54) is 238 Å². The topological polar surface area (TPSA) is 89.8 Å². The van der Waals surface area contributed by atoms with Gasteiger partial charge in [-0.15, -0.1) is 0 Å². The molecule has 0 aliphatic rings. The van der Waals surface area contributed by atoms with E-state index >= 15 is 0 Å². The molecule has 5 nitrogen and oxygen atoms in total. The Hall–Kier alpha value is -0.650. The fourth-order valence-electron chi connectivity index (χ4n) is 8.29. The molecule has 0 bridgehead atoms. The van der Waals surface area contributed by atoms with Gasteiger partial charge in [0.15, 0.2) is 0 Å². The van der Waals surface area contributed by atoms with Crippen LogP contribution in [0.4, 0.5) is 0 Å². The van der Waals surface area contributed by atoms with E-state index in [4.69, 9.17) is 5.11 Å². The predicted octanol–water partition coefficient (Wildman–Crippen LogP) is 15.0. The first-order chi connectivity index (χ1) is 27.2. The molecule has 0 rings (SSSR count). The summed E-state index contributed by atoms with van der Waals surface area (Å²) in [7, 11) is 0. The molecule has 0 aliphatic carbocycles. The second kappa shape index (κ2) is 47.7. The third-order valence-corrected chi connectivity index (χ3v) is 12.2. The summed E-state index contributed by atoms with van der Waals surface area (Å²) >= 11 is 0. The lowest BCUT2D eigenvalue weighted by Crippen LogP contribution is -2.45. The van der Waals surface area contributed by atoms with Gasteiger partial charge in [0.25, 0.3) is 0 Å². The maximum absolute atomic E-state index is 12.4. The van der Waals surface area contributed by atoms with E-state index in [1.807, 2.05) is 0 Å². The third kappa shape index (κ3) is 44.3. The fourth-order valence-corrected chi connectivity index (χ4v) is 8.29. The molecular formula is C50H101NO4. The van der Waals surface area contributed by atoms with E-state index in [9.17, 15) is 15.0 Å². The van der Waals surface area contributed by atoms with Gasteiger partial charge in [0.05, 0.1) is 18.8 Å². The van der Waals surface area contributed by atoms with E-state index in [-0.39, 0.29) is 12.5 Å². The molecule has 55 heavy (non-hydrogen) atoms. The standard InChI is InChI=1S/C50H101NO4/c1-2-3-4-5-6-7-8-26-29-32-35-38-41-44-49(54)48(47-53)51-50(55)45-42-39-36-33-30-27-24-22-20-18-16-14-12-10-9-11-13-15-17-19-21-23-25-28-31-34-37-40-43-46-52/h48-49,52-54H,2-47H2,1H3,(H,51,55)/t48-,49+/m0/s1. The Morgan fingerprint density at radius 2 is 0.636 bits per heavy atom. The molecule has 4 N–H and O–H groups in total. The number of hydrogen-bond donors (Lipinski definition) is 4. The van der Waals surface area contributed by atoms with Crippen molar-refractivity contribution in [1.82, 2.24) is 5.32 Å². The Morgan fingerprint density at radius 3 is 0.909 bits per heavy atom. The highest BCUT2D eigenvalue weighted by Crippen LogP contribution is 2.18. The van der Waals surface area contributed by atoms with Crippen LogP contribution in [0.1, 0.15) is 289 Å². The molecule has 0 saturated heterocycles. The van der Waals surface area contributed by atoms with Crippen LogP contribution in [0, 0.1) is 0 Å². The molecule has 0 heterocycles. The molecular weight excluding hydrogens is 679 g/mol. The second-order valence-electron chi connectivity index (χ2n) is 17.7. The van der Waals surface area contributed by atoms with Gasteiger partial charge in [-0.3, -0.25) is 4.79 Å². The quantitative estimate of drug-likeness (QED) is 0.0463. The van der Waals surface area contributed by atoms with Crippen LogP contribution in [0.5, 0.6) is 0 Å². The summed E-state index contributed by atoms with van der Waals surface area (Å²) < 4.78 is 0. The van der Waals surface area contributed by atoms with Gasteiger partial charge >= 0.3 is 0 Å². The Morgan fingerprint density at radius 1 is 0.382 bits per heavy atom. The van der Waals surface area contributed by atoms with Gasteiger partial charge in [0.2, 0.25) is 5.91 Å². The van der Waals surface area contributed by atoms with Crippen LogP contribution < -0.4 is 5.32 Å². The van der Waals surface area contributed by atoms with Crippen LogP contribution in [0.15, 0.2) is 0 Å². The van der Waals surface area contributed by atoms with Crippen LogP contribution in [-0.4, -0.2) is 46.6 Å². The Balaban J connectivity index is 3.36. The minimum absolute atomic E-state index is 0.0280. The van der Waals surface area contributed by atoms with Gasteiger partial charge in [-0.2, -0.15) is 0 Å². The molecule has 0 radical (unpaired) electrons. The molecule has 0 unspecified atom stereocenters. The molecule has 0 spiro atoms. The van der Waals surface area contributed by atoms with Crippen LogP contribution in [0.25, 0.3) is 0 Å². The molecule has 2 atom stereocenters. The highest BCUT2D eigenvalue weighted by atomic mass is 16.3. The smallest absolute Gasteiger partial charge is 0.220 e. The van der Waals surface area contributed by atoms with Crippen LogP contribution in [-0.2, 0) is 4.79 Å². The molecule has 5 heteroatoms. The summed E-state index contributed by atoms with van der Waals surface area (Å²) in [4.78, 5) is 12.4. The van der Waals surface area contributed by atoms with Crippen molar-refractivity contribution in [3.05, 3.63) is 0 Å². The zero-order valence-corrected chi connectivity index (χ0v) is 37.4. The molecule has 0 aromatic heterocycles. The number of aliphatic hydroxyl groups excluding tert-OH is 3. The lowest BCUT2D eigenvalue weighted by molar-refractivity contribution is -0.123. The van der Waals surface area contributed by atoms with E-state index in [1.54, 1.807) is 0 Å². The summed E-state index contributed by atoms with van der Waals surface area (Å²) in [6, 6.07) is -0.533. The van der Waals surface area contributed by atoms with E-state index in [2.05, 4.69) is 12.2 Å². The summed E-state index contributed by atoms with van der Waals surface area (Å²) in [6.45, 7) is 2.44. The number of nitrogens with one attached hydrogen (secondary N) is 1. The minimum Gasteiger partial charge on any atom is -0.396 e. The molecule has 0 aromatic carbocycles. The second-order valence-corrected chi connectivity index (χ2v) is 17.7. The van der Waals surface area contributed by atoms with Crippen molar-refractivity contribution in [2.45, 2.75) is 302 Å². The Kier molecular flexibility index (Phi) is 47.2. The van der Waals surface area contributed by atoms with Gasteiger partial charge in [-0.05, 0) is 19.3 Å². The zero-order valence-electron chi connectivity index (χ0n) is 37.4. The minimum atomic E-state index is -0.656. The van der Waals surface area contributed by atoms with Gasteiger partial charge in [-0.25, -0.2) is 0 Å². The number of carbonyl (C=O) groups excluding carboxylic acids is 1. The number of carbonyl (C=O) groups is 1. The van der Waals surface area contributed by atoms with Gasteiger partial charge in [0, 0.05) is 13.0 Å². The molecule has 330 valence electrons. The molecule has 0 aliphatic heterocycles. The Labute approximate surface area is 345 Å². The molecule has 0 aromatic rings. The first kappa shape index (κ1) is 54.3. The monoisotopic (exact) mass is 780 g/mol. The number of aliphatic hydroxyl groups is 3. The third-order valence-electron chi connectivity index (χ3n) is 12.2. The van der Waals surface area contributed by atoms with Crippen LogP contribution in [0.2, 0.25) is 0 Å². The van der Waals surface area contributed by atoms with Gasteiger partial charge < -0.3 is 20.6 Å². The number of rotatable bonds is 48. The first-order valence-corrected chi connectivity index (χ1v) is 25.3. The highest BCUT2D eigenvalue weighted by Gasteiger charge is 2.20. The van der Waals surface area contributed by atoms with Crippen molar-refractivity contribution < 1.29 is 20.1 Å². The molecule has 0 saturated carbocycles. The van der Waals surface area contributed by atoms with E-state index in [0.717, 1.165) is 32.1 Å². The lowest BCUT2D eigenvalue weighted by atomic mass is 10.0.